The predicted molar refractivity (Wildman–Crippen MR) is 83.1 cm³/mol. The van der Waals surface area contributed by atoms with Crippen LogP contribution < -0.4 is 10.1 Å². The summed E-state index contributed by atoms with van der Waals surface area (Å²) in [4.78, 5) is 15.6. The van der Waals surface area contributed by atoms with Crippen molar-refractivity contribution in [1.29, 1.82) is 0 Å². The van der Waals surface area contributed by atoms with Crippen LogP contribution >= 0.6 is 11.3 Å². The zero-order valence-electron chi connectivity index (χ0n) is 13.2. The molecule has 0 fully saturated rings. The molecule has 0 unspecified atom stereocenters. The van der Waals surface area contributed by atoms with Crippen LogP contribution in [-0.4, -0.2) is 28.8 Å². The molecule has 11 heteroatoms. The summed E-state index contributed by atoms with van der Waals surface area (Å²) in [5, 5.41) is 12.9. The number of hydrogen-bond donors (Lipinski definition) is 2. The van der Waals surface area contributed by atoms with Gasteiger partial charge in [-0.25, -0.2) is 4.98 Å². The number of hydrogen-bond acceptors (Lipinski definition) is 5. The summed E-state index contributed by atoms with van der Waals surface area (Å²) in [6.45, 7) is -1.57. The van der Waals surface area contributed by atoms with Gasteiger partial charge in [0.2, 0.25) is 11.5 Å². The Balaban J connectivity index is 2.13. The SMILES string of the molecule is Cc1csc([C@@](O)(CC(=O)Nc2ccc(OC(F)F)cc2)C(F)(F)F)n1. The number of anilines is 1. The number of nitrogens with one attached hydrogen (secondary N) is 1. The summed E-state index contributed by atoms with van der Waals surface area (Å²) in [6.07, 6.45) is -6.43. The second-order valence-electron chi connectivity index (χ2n) is 5.28. The molecule has 1 atom stereocenters. The molecule has 1 aromatic carbocycles. The minimum absolute atomic E-state index is 0.0523. The molecule has 0 bridgehead atoms. The summed E-state index contributed by atoms with van der Waals surface area (Å²) in [6, 6.07) is 4.58. The zero-order valence-corrected chi connectivity index (χ0v) is 14.0. The van der Waals surface area contributed by atoms with Gasteiger partial charge in [-0.05, 0) is 31.2 Å². The van der Waals surface area contributed by atoms with E-state index in [1.807, 2.05) is 0 Å². The Kier molecular flexibility index (Phi) is 5.81. The Morgan fingerprint density at radius 3 is 2.38 bits per heavy atom. The molecule has 1 amide bonds. The van der Waals surface area contributed by atoms with Gasteiger partial charge in [-0.15, -0.1) is 11.3 Å². The number of aryl methyl sites for hydroxylation is 1. The topological polar surface area (TPSA) is 71.5 Å². The van der Waals surface area contributed by atoms with E-state index in [1.165, 1.54) is 24.4 Å². The molecule has 0 aliphatic heterocycles. The van der Waals surface area contributed by atoms with Gasteiger partial charge in [0.25, 0.3) is 0 Å². The number of halogens is 5. The molecule has 5 nitrogen and oxygen atoms in total. The van der Waals surface area contributed by atoms with Crippen molar-refractivity contribution in [2.24, 2.45) is 0 Å². The fraction of sp³-hybridized carbons (Fsp3) is 0.333. The largest absolute Gasteiger partial charge is 0.435 e. The van der Waals surface area contributed by atoms with E-state index in [1.54, 1.807) is 0 Å². The van der Waals surface area contributed by atoms with E-state index in [9.17, 15) is 31.9 Å². The molecule has 2 N–H and O–H groups in total. The molecule has 0 spiro atoms. The maximum atomic E-state index is 13.3. The predicted octanol–water partition coefficient (Wildman–Crippen LogP) is 3.83. The van der Waals surface area contributed by atoms with E-state index in [-0.39, 0.29) is 17.1 Å². The van der Waals surface area contributed by atoms with Crippen molar-refractivity contribution >= 4 is 22.9 Å². The first kappa shape index (κ1) is 20.0. The second kappa shape index (κ2) is 7.54. The maximum Gasteiger partial charge on any atom is 0.424 e. The van der Waals surface area contributed by atoms with Crippen LogP contribution in [-0.2, 0) is 10.4 Å². The summed E-state index contributed by atoms with van der Waals surface area (Å²) >= 11 is 0.591. The molecule has 142 valence electrons. The third kappa shape index (κ3) is 4.67. The fourth-order valence-electron chi connectivity index (χ4n) is 2.00. The van der Waals surface area contributed by atoms with E-state index in [4.69, 9.17) is 0 Å². The van der Waals surface area contributed by atoms with Crippen LogP contribution in [0.2, 0.25) is 0 Å². The minimum Gasteiger partial charge on any atom is -0.435 e. The monoisotopic (exact) mass is 396 g/mol. The number of aliphatic hydroxyl groups is 1. The highest BCUT2D eigenvalue weighted by Gasteiger charge is 2.58. The van der Waals surface area contributed by atoms with Gasteiger partial charge in [-0.2, -0.15) is 22.0 Å². The number of rotatable bonds is 6. The second-order valence-corrected chi connectivity index (χ2v) is 6.14. The molecule has 1 aromatic heterocycles. The van der Waals surface area contributed by atoms with Crippen molar-refractivity contribution in [3.05, 3.63) is 40.3 Å². The smallest absolute Gasteiger partial charge is 0.424 e. The van der Waals surface area contributed by atoms with Crippen molar-refractivity contribution in [1.82, 2.24) is 4.98 Å². The van der Waals surface area contributed by atoms with Gasteiger partial charge in [-0.1, -0.05) is 0 Å². The average molecular weight is 396 g/mol. The standard InChI is InChI=1S/C15H13F5N2O3S/c1-8-7-26-12(21-8)14(24,15(18,19)20)6-11(23)22-9-2-4-10(5-3-9)25-13(16)17/h2-5,7,13,24H,6H2,1H3,(H,22,23)/t14-/m0/s1. The molecule has 0 saturated carbocycles. The minimum atomic E-state index is -5.12. The Morgan fingerprint density at radius 1 is 1.31 bits per heavy atom. The van der Waals surface area contributed by atoms with Gasteiger partial charge in [0.1, 0.15) is 10.8 Å². The van der Waals surface area contributed by atoms with Crippen LogP contribution in [0.5, 0.6) is 5.75 Å². The van der Waals surface area contributed by atoms with E-state index in [0.717, 1.165) is 12.1 Å². The molecule has 2 rings (SSSR count). The van der Waals surface area contributed by atoms with Crippen LogP contribution in [0.1, 0.15) is 17.1 Å². The normalized spacial score (nSPS) is 14.2. The van der Waals surface area contributed by atoms with E-state index >= 15 is 0 Å². The highest BCUT2D eigenvalue weighted by Crippen LogP contribution is 2.43. The number of carbonyl (C=O) groups is 1. The van der Waals surface area contributed by atoms with E-state index in [2.05, 4.69) is 15.0 Å². The van der Waals surface area contributed by atoms with Crippen molar-refractivity contribution < 1.29 is 36.6 Å². The summed E-state index contributed by atoms with van der Waals surface area (Å²) in [5.41, 5.74) is -3.10. The highest BCUT2D eigenvalue weighted by molar-refractivity contribution is 7.09. The molecule has 26 heavy (non-hydrogen) atoms. The summed E-state index contributed by atoms with van der Waals surface area (Å²) in [7, 11) is 0. The Morgan fingerprint density at radius 2 is 1.92 bits per heavy atom. The lowest BCUT2D eigenvalue weighted by molar-refractivity contribution is -0.266. The van der Waals surface area contributed by atoms with Gasteiger partial charge >= 0.3 is 12.8 Å². The lowest BCUT2D eigenvalue weighted by Crippen LogP contribution is -2.45. The number of alkyl halides is 5. The number of nitrogens with zero attached hydrogens (tertiary/aromatic N) is 1. The van der Waals surface area contributed by atoms with Gasteiger partial charge in [-0.3, -0.25) is 4.79 Å². The van der Waals surface area contributed by atoms with Crippen molar-refractivity contribution in [3.63, 3.8) is 0 Å². The van der Waals surface area contributed by atoms with Crippen LogP contribution in [0.25, 0.3) is 0 Å². The van der Waals surface area contributed by atoms with Gasteiger partial charge in [0.15, 0.2) is 0 Å². The maximum absolute atomic E-state index is 13.3. The summed E-state index contributed by atoms with van der Waals surface area (Å²) in [5.74, 6) is -1.30. The molecule has 0 saturated heterocycles. The van der Waals surface area contributed by atoms with Crippen LogP contribution in [0.15, 0.2) is 29.6 Å². The molecule has 0 radical (unpaired) electrons. The number of aromatic nitrogens is 1. The van der Waals surface area contributed by atoms with Crippen molar-refractivity contribution in [2.45, 2.75) is 31.7 Å². The number of carbonyl (C=O) groups excluding carboxylic acids is 1. The first-order valence-corrected chi connectivity index (χ1v) is 7.95. The number of amides is 1. The van der Waals surface area contributed by atoms with Crippen molar-refractivity contribution in [3.8, 4) is 5.75 Å². The lowest BCUT2D eigenvalue weighted by Gasteiger charge is -2.27. The molecular formula is C15H13F5N2O3S. The van der Waals surface area contributed by atoms with Crippen LogP contribution in [0.3, 0.4) is 0 Å². The number of thiazole rings is 1. The molecule has 0 aliphatic rings. The fourth-order valence-corrected chi connectivity index (χ4v) is 2.91. The Hall–Kier alpha value is -2.27. The van der Waals surface area contributed by atoms with Gasteiger partial charge in [0, 0.05) is 16.8 Å². The molecule has 1 heterocycles. The number of ether oxygens (including phenoxy) is 1. The first-order chi connectivity index (χ1) is 12.0. The third-order valence-corrected chi connectivity index (χ3v) is 4.33. The number of benzene rings is 1. The van der Waals surface area contributed by atoms with Gasteiger partial charge < -0.3 is 15.2 Å². The first-order valence-electron chi connectivity index (χ1n) is 7.08. The highest BCUT2D eigenvalue weighted by atomic mass is 32.1. The van der Waals surface area contributed by atoms with E-state index in [0.29, 0.717) is 11.3 Å². The van der Waals surface area contributed by atoms with Gasteiger partial charge in [0.05, 0.1) is 6.42 Å². The Bertz CT molecular complexity index is 763. The van der Waals surface area contributed by atoms with E-state index < -0.39 is 35.7 Å². The summed E-state index contributed by atoms with van der Waals surface area (Å²) < 4.78 is 68.2. The molecule has 0 aliphatic carbocycles. The van der Waals surface area contributed by atoms with Crippen LogP contribution in [0.4, 0.5) is 27.6 Å². The lowest BCUT2D eigenvalue weighted by atomic mass is 9.99. The molecule has 2 aromatic rings. The average Bonchev–Trinajstić information content (AvgIpc) is 2.94. The van der Waals surface area contributed by atoms with Crippen molar-refractivity contribution in [2.75, 3.05) is 5.32 Å². The third-order valence-electron chi connectivity index (χ3n) is 3.22. The zero-order chi connectivity index (χ0) is 19.5. The Labute approximate surface area is 148 Å². The molecular weight excluding hydrogens is 383 g/mol. The quantitative estimate of drug-likeness (QED) is 0.728. The van der Waals surface area contributed by atoms with Crippen LogP contribution in [0, 0.1) is 6.92 Å².